The molecule has 0 unspecified atom stereocenters. The van der Waals surface area contributed by atoms with Crippen molar-refractivity contribution < 1.29 is 13.2 Å². The molecule has 0 spiro atoms. The number of aryl methyl sites for hydroxylation is 1. The lowest BCUT2D eigenvalue weighted by atomic mass is 10.1. The van der Waals surface area contributed by atoms with E-state index in [0.717, 1.165) is 22.4 Å². The minimum Gasteiger partial charge on any atom is -0.315 e. The molecule has 1 amide bonds. The highest BCUT2D eigenvalue weighted by Gasteiger charge is 2.49. The highest BCUT2D eigenvalue weighted by molar-refractivity contribution is 8.16. The Kier molecular flexibility index (Phi) is 5.48. The topological polar surface area (TPSA) is 66.8 Å². The number of amidine groups is 1. The Morgan fingerprint density at radius 2 is 1.93 bits per heavy atom. The number of carbonyl (C=O) groups excluding carboxylic acids is 1. The molecule has 152 valence electrons. The second-order valence-electron chi connectivity index (χ2n) is 7.45. The van der Waals surface area contributed by atoms with E-state index < -0.39 is 9.84 Å². The van der Waals surface area contributed by atoms with Crippen LogP contribution in [0.1, 0.15) is 16.7 Å². The summed E-state index contributed by atoms with van der Waals surface area (Å²) in [5.74, 6) is -0.101. The summed E-state index contributed by atoms with van der Waals surface area (Å²) in [6.07, 6.45) is 0.109. The van der Waals surface area contributed by atoms with E-state index >= 15 is 0 Å². The molecule has 0 aliphatic carbocycles. The molecule has 0 bridgehead atoms. The van der Waals surface area contributed by atoms with Crippen LogP contribution in [0.4, 0.5) is 5.69 Å². The van der Waals surface area contributed by atoms with Crippen molar-refractivity contribution in [1.82, 2.24) is 0 Å². The van der Waals surface area contributed by atoms with E-state index in [9.17, 15) is 13.2 Å². The number of hydrogen-bond acceptors (Lipinski definition) is 4. The molecule has 2 fully saturated rings. The zero-order valence-corrected chi connectivity index (χ0v) is 18.5. The molecule has 0 N–H and O–H groups in total. The van der Waals surface area contributed by atoms with Crippen molar-refractivity contribution in [3.63, 3.8) is 0 Å². The lowest BCUT2D eigenvalue weighted by Gasteiger charge is -2.26. The van der Waals surface area contributed by atoms with E-state index in [1.54, 1.807) is 6.07 Å². The first-order valence-electron chi connectivity index (χ1n) is 9.32. The van der Waals surface area contributed by atoms with Crippen LogP contribution in [0, 0.1) is 13.8 Å². The van der Waals surface area contributed by atoms with Crippen LogP contribution in [0.2, 0.25) is 5.02 Å². The molecular weight excluding hydrogens is 428 g/mol. The molecule has 29 heavy (non-hydrogen) atoms. The summed E-state index contributed by atoms with van der Waals surface area (Å²) in [4.78, 5) is 19.0. The van der Waals surface area contributed by atoms with E-state index in [-0.39, 0.29) is 35.1 Å². The van der Waals surface area contributed by atoms with Crippen molar-refractivity contribution >= 4 is 50.0 Å². The van der Waals surface area contributed by atoms with Gasteiger partial charge in [-0.1, -0.05) is 53.7 Å². The number of anilines is 1. The third-order valence-electron chi connectivity index (χ3n) is 5.42. The summed E-state index contributed by atoms with van der Waals surface area (Å²) in [6, 6.07) is 12.9. The third kappa shape index (κ3) is 4.09. The molecule has 0 saturated carbocycles. The fourth-order valence-corrected chi connectivity index (χ4v) is 7.92. The van der Waals surface area contributed by atoms with Crippen molar-refractivity contribution in [1.29, 1.82) is 0 Å². The summed E-state index contributed by atoms with van der Waals surface area (Å²) in [7, 11) is -3.10. The molecule has 2 atom stereocenters. The Labute approximate surface area is 180 Å². The molecule has 4 rings (SSSR count). The van der Waals surface area contributed by atoms with Gasteiger partial charge in [-0.2, -0.15) is 4.99 Å². The van der Waals surface area contributed by atoms with Gasteiger partial charge >= 0.3 is 0 Å². The van der Waals surface area contributed by atoms with Crippen LogP contribution in [0.5, 0.6) is 0 Å². The van der Waals surface area contributed by atoms with Crippen LogP contribution < -0.4 is 4.90 Å². The zero-order valence-electron chi connectivity index (χ0n) is 16.1. The SMILES string of the molecule is Cc1cccc(N2C(=NC(=O)Cc3ccccc3Cl)S[C@H]3CS(=O)(=O)C[C@H]32)c1C. The Hall–Kier alpha value is -1.83. The minimum atomic E-state index is -3.10. The molecule has 0 aromatic heterocycles. The number of thioether (sulfide) groups is 1. The van der Waals surface area contributed by atoms with Crippen LogP contribution in [0.15, 0.2) is 47.5 Å². The first-order valence-corrected chi connectivity index (χ1v) is 12.4. The maximum atomic E-state index is 12.7. The number of benzene rings is 2. The number of nitrogens with zero attached hydrogens (tertiary/aromatic N) is 2. The van der Waals surface area contributed by atoms with E-state index in [4.69, 9.17) is 11.6 Å². The zero-order chi connectivity index (χ0) is 20.8. The highest BCUT2D eigenvalue weighted by Crippen LogP contribution is 2.42. The summed E-state index contributed by atoms with van der Waals surface area (Å²) in [6.45, 7) is 4.03. The normalized spacial score (nSPS) is 24.1. The van der Waals surface area contributed by atoms with Crippen LogP contribution in [0.3, 0.4) is 0 Å². The Balaban J connectivity index is 1.70. The number of fused-ring (bicyclic) bond motifs is 1. The summed E-state index contributed by atoms with van der Waals surface area (Å²) in [5.41, 5.74) is 3.81. The van der Waals surface area contributed by atoms with Crippen LogP contribution >= 0.6 is 23.4 Å². The molecule has 8 heteroatoms. The average molecular weight is 449 g/mol. The maximum Gasteiger partial charge on any atom is 0.252 e. The smallest absolute Gasteiger partial charge is 0.252 e. The first-order chi connectivity index (χ1) is 13.7. The Morgan fingerprint density at radius 1 is 1.17 bits per heavy atom. The van der Waals surface area contributed by atoms with Gasteiger partial charge in [0.2, 0.25) is 0 Å². The molecule has 2 aromatic carbocycles. The van der Waals surface area contributed by atoms with Crippen molar-refractivity contribution in [2.75, 3.05) is 16.4 Å². The van der Waals surface area contributed by atoms with Gasteiger partial charge in [0.15, 0.2) is 15.0 Å². The number of hydrogen-bond donors (Lipinski definition) is 0. The van der Waals surface area contributed by atoms with E-state index in [1.165, 1.54) is 11.8 Å². The predicted molar refractivity (Wildman–Crippen MR) is 120 cm³/mol. The van der Waals surface area contributed by atoms with Crippen molar-refractivity contribution in [2.45, 2.75) is 31.6 Å². The largest absolute Gasteiger partial charge is 0.315 e. The lowest BCUT2D eigenvalue weighted by Crippen LogP contribution is -2.38. The second kappa shape index (κ2) is 7.78. The highest BCUT2D eigenvalue weighted by atomic mass is 35.5. The fourth-order valence-electron chi connectivity index (χ4n) is 3.79. The van der Waals surface area contributed by atoms with Crippen molar-refractivity contribution in [3.8, 4) is 0 Å². The molecule has 2 aromatic rings. The monoisotopic (exact) mass is 448 g/mol. The number of sulfone groups is 1. The van der Waals surface area contributed by atoms with Gasteiger partial charge in [-0.15, -0.1) is 0 Å². The fraction of sp³-hybridized carbons (Fsp3) is 0.333. The standard InChI is InChI=1S/C21H21ClN2O3S2/c1-13-6-5-9-17(14(13)2)24-18-11-29(26,27)12-19(18)28-21(24)23-20(25)10-15-7-3-4-8-16(15)22/h3-9,18-19H,10-12H2,1-2H3/t18-,19+/m1/s1. The van der Waals surface area contributed by atoms with E-state index in [0.29, 0.717) is 10.2 Å². The molecule has 2 heterocycles. The molecule has 2 saturated heterocycles. The van der Waals surface area contributed by atoms with E-state index in [2.05, 4.69) is 4.99 Å². The molecule has 5 nitrogen and oxygen atoms in total. The van der Waals surface area contributed by atoms with Gasteiger partial charge in [-0.25, -0.2) is 8.42 Å². The van der Waals surface area contributed by atoms with Gasteiger partial charge in [-0.3, -0.25) is 4.79 Å². The molecule has 2 aliphatic rings. The number of carbonyl (C=O) groups is 1. The quantitative estimate of drug-likeness (QED) is 0.714. The van der Waals surface area contributed by atoms with Crippen LogP contribution in [0.25, 0.3) is 0 Å². The van der Waals surface area contributed by atoms with Crippen LogP contribution in [-0.4, -0.2) is 42.3 Å². The number of aliphatic imine (C=N–C) groups is 1. The Bertz CT molecular complexity index is 1110. The van der Waals surface area contributed by atoms with Gasteiger partial charge < -0.3 is 4.90 Å². The molecular formula is C21H21ClN2O3S2. The van der Waals surface area contributed by atoms with E-state index in [1.807, 2.05) is 55.1 Å². The lowest BCUT2D eigenvalue weighted by molar-refractivity contribution is -0.117. The van der Waals surface area contributed by atoms with Gasteiger partial charge in [0.05, 0.1) is 24.0 Å². The van der Waals surface area contributed by atoms with Crippen molar-refractivity contribution in [2.24, 2.45) is 4.99 Å². The van der Waals surface area contributed by atoms with Gasteiger partial charge in [0.25, 0.3) is 5.91 Å². The molecule has 2 aliphatic heterocycles. The molecule has 0 radical (unpaired) electrons. The second-order valence-corrected chi connectivity index (χ2v) is 11.2. The minimum absolute atomic E-state index is 0.0791. The first kappa shape index (κ1) is 20.4. The summed E-state index contributed by atoms with van der Waals surface area (Å²) >= 11 is 7.56. The average Bonchev–Trinajstić information content (AvgIpc) is 3.10. The number of amides is 1. The summed E-state index contributed by atoms with van der Waals surface area (Å²) < 4.78 is 24.4. The summed E-state index contributed by atoms with van der Waals surface area (Å²) in [5, 5.41) is 0.988. The number of rotatable bonds is 3. The number of halogens is 1. The Morgan fingerprint density at radius 3 is 2.69 bits per heavy atom. The van der Waals surface area contributed by atoms with Gasteiger partial charge in [0, 0.05) is 16.0 Å². The van der Waals surface area contributed by atoms with Crippen molar-refractivity contribution in [3.05, 3.63) is 64.2 Å². The van der Waals surface area contributed by atoms with Gasteiger partial charge in [-0.05, 0) is 42.7 Å². The maximum absolute atomic E-state index is 12.7. The third-order valence-corrected chi connectivity index (χ3v) is 9.00. The predicted octanol–water partition coefficient (Wildman–Crippen LogP) is 3.80. The van der Waals surface area contributed by atoms with Gasteiger partial charge in [0.1, 0.15) is 0 Å². The van der Waals surface area contributed by atoms with Crippen LogP contribution in [-0.2, 0) is 21.1 Å².